The number of rotatable bonds is 2. The van der Waals surface area contributed by atoms with Crippen LogP contribution >= 0.6 is 0 Å². The molecule has 1 saturated heterocycles. The van der Waals surface area contributed by atoms with E-state index in [2.05, 4.69) is 50.6 Å². The molecule has 0 spiro atoms. The highest BCUT2D eigenvalue weighted by molar-refractivity contribution is 5.77. The maximum atomic E-state index is 5.99. The number of piperazine rings is 1. The molecule has 6 heteroatoms. The molecule has 23 heavy (non-hydrogen) atoms. The summed E-state index contributed by atoms with van der Waals surface area (Å²) in [5, 5.41) is 7.74. The summed E-state index contributed by atoms with van der Waals surface area (Å²) in [6.45, 7) is 6.22. The second-order valence-corrected chi connectivity index (χ2v) is 5.90. The van der Waals surface area contributed by atoms with Gasteiger partial charge in [0, 0.05) is 37.4 Å². The Morgan fingerprint density at radius 1 is 1.13 bits per heavy atom. The van der Waals surface area contributed by atoms with Crippen molar-refractivity contribution in [2.75, 3.05) is 36.8 Å². The number of aromatic nitrogens is 3. The molecular formula is C17H20N6. The van der Waals surface area contributed by atoms with Gasteiger partial charge in [0.2, 0.25) is 0 Å². The largest absolute Gasteiger partial charge is 0.382 e. The molecule has 3 N–H and O–H groups in total. The van der Waals surface area contributed by atoms with Crippen LogP contribution in [-0.4, -0.2) is 40.8 Å². The average molecular weight is 308 g/mol. The van der Waals surface area contributed by atoms with Crippen molar-refractivity contribution in [1.82, 2.24) is 19.9 Å². The van der Waals surface area contributed by atoms with Crippen LogP contribution in [0.4, 0.5) is 11.5 Å². The first-order valence-electron chi connectivity index (χ1n) is 7.89. The lowest BCUT2D eigenvalue weighted by molar-refractivity contribution is 0.589. The van der Waals surface area contributed by atoms with Crippen LogP contribution in [0.3, 0.4) is 0 Å². The van der Waals surface area contributed by atoms with Gasteiger partial charge >= 0.3 is 0 Å². The van der Waals surface area contributed by atoms with E-state index in [4.69, 9.17) is 5.73 Å². The monoisotopic (exact) mass is 308 g/mol. The zero-order valence-electron chi connectivity index (χ0n) is 13.2. The molecule has 1 aliphatic heterocycles. The average Bonchev–Trinajstić information content (AvgIpc) is 2.94. The van der Waals surface area contributed by atoms with Gasteiger partial charge < -0.3 is 16.0 Å². The van der Waals surface area contributed by atoms with E-state index in [-0.39, 0.29) is 0 Å². The number of nitrogens with two attached hydrogens (primary N) is 1. The van der Waals surface area contributed by atoms with Crippen molar-refractivity contribution in [1.29, 1.82) is 0 Å². The molecule has 0 aliphatic carbocycles. The molecule has 3 aromatic rings. The molecule has 1 fully saturated rings. The Morgan fingerprint density at radius 2 is 1.87 bits per heavy atom. The van der Waals surface area contributed by atoms with Gasteiger partial charge in [0.25, 0.3) is 0 Å². The lowest BCUT2D eigenvalue weighted by Gasteiger charge is -2.29. The molecule has 4 rings (SSSR count). The predicted octanol–water partition coefficient (Wildman–Crippen LogP) is 1.70. The second kappa shape index (κ2) is 5.55. The molecule has 0 amide bonds. The normalized spacial score (nSPS) is 15.3. The number of hydrogen-bond donors (Lipinski definition) is 2. The minimum atomic E-state index is 0.515. The summed E-state index contributed by atoms with van der Waals surface area (Å²) >= 11 is 0. The molecule has 0 saturated carbocycles. The van der Waals surface area contributed by atoms with E-state index in [1.54, 1.807) is 0 Å². The van der Waals surface area contributed by atoms with Gasteiger partial charge in [-0.2, -0.15) is 5.10 Å². The van der Waals surface area contributed by atoms with Gasteiger partial charge in [-0.15, -0.1) is 0 Å². The van der Waals surface area contributed by atoms with Crippen LogP contribution in [0.2, 0.25) is 0 Å². The number of nitrogens with one attached hydrogen (secondary N) is 1. The fraction of sp³-hybridized carbons (Fsp3) is 0.294. The Balaban J connectivity index is 1.72. The predicted molar refractivity (Wildman–Crippen MR) is 92.7 cm³/mol. The standard InChI is InChI=1S/C17H20N6/c1-12-10-15(23-16(12)17(18)20-11-21-23)13-2-4-14(5-3-13)22-8-6-19-7-9-22/h2-5,10-11,19H,6-9H2,1H3,(H2,18,20,21). The SMILES string of the molecule is Cc1cc(-c2ccc(N3CCNCC3)cc2)n2ncnc(N)c12. The maximum absolute atomic E-state index is 5.99. The Morgan fingerprint density at radius 3 is 2.61 bits per heavy atom. The highest BCUT2D eigenvalue weighted by Crippen LogP contribution is 2.28. The quantitative estimate of drug-likeness (QED) is 0.754. The Hall–Kier alpha value is -2.60. The van der Waals surface area contributed by atoms with Gasteiger partial charge in [-0.25, -0.2) is 9.50 Å². The minimum Gasteiger partial charge on any atom is -0.382 e. The Kier molecular flexibility index (Phi) is 3.38. The van der Waals surface area contributed by atoms with Crippen molar-refractivity contribution in [2.45, 2.75) is 6.92 Å². The molecule has 6 nitrogen and oxygen atoms in total. The molecular weight excluding hydrogens is 288 g/mol. The van der Waals surface area contributed by atoms with Crippen molar-refractivity contribution in [3.05, 3.63) is 42.2 Å². The van der Waals surface area contributed by atoms with Crippen LogP contribution in [-0.2, 0) is 0 Å². The number of benzene rings is 1. The van der Waals surface area contributed by atoms with E-state index in [0.29, 0.717) is 5.82 Å². The third-order valence-corrected chi connectivity index (χ3v) is 4.42. The second-order valence-electron chi connectivity index (χ2n) is 5.90. The summed E-state index contributed by atoms with van der Waals surface area (Å²) < 4.78 is 1.87. The van der Waals surface area contributed by atoms with Crippen molar-refractivity contribution in [2.24, 2.45) is 0 Å². The highest BCUT2D eigenvalue weighted by atomic mass is 15.3. The number of aryl methyl sites for hydroxylation is 1. The number of hydrogen-bond acceptors (Lipinski definition) is 5. The smallest absolute Gasteiger partial charge is 0.151 e. The van der Waals surface area contributed by atoms with E-state index < -0.39 is 0 Å². The number of nitrogen functional groups attached to an aromatic ring is 1. The lowest BCUT2D eigenvalue weighted by atomic mass is 10.1. The Bertz CT molecular complexity index is 830. The molecule has 1 aliphatic rings. The Labute approximate surface area is 134 Å². The third-order valence-electron chi connectivity index (χ3n) is 4.42. The van der Waals surface area contributed by atoms with Crippen molar-refractivity contribution in [3.63, 3.8) is 0 Å². The van der Waals surface area contributed by atoms with Crippen LogP contribution in [0.5, 0.6) is 0 Å². The first kappa shape index (κ1) is 14.0. The summed E-state index contributed by atoms with van der Waals surface area (Å²) in [7, 11) is 0. The van der Waals surface area contributed by atoms with Crippen LogP contribution in [0.1, 0.15) is 5.56 Å². The van der Waals surface area contributed by atoms with Crippen LogP contribution < -0.4 is 16.0 Å². The fourth-order valence-electron chi connectivity index (χ4n) is 3.22. The van der Waals surface area contributed by atoms with Gasteiger partial charge in [0.05, 0.1) is 5.69 Å². The number of fused-ring (bicyclic) bond motifs is 1. The summed E-state index contributed by atoms with van der Waals surface area (Å²) in [5.41, 5.74) is 11.4. The fourth-order valence-corrected chi connectivity index (χ4v) is 3.22. The zero-order chi connectivity index (χ0) is 15.8. The molecule has 1 aromatic carbocycles. The van der Waals surface area contributed by atoms with Crippen LogP contribution in [0.15, 0.2) is 36.7 Å². The van der Waals surface area contributed by atoms with E-state index in [1.165, 1.54) is 12.0 Å². The zero-order valence-corrected chi connectivity index (χ0v) is 13.2. The lowest BCUT2D eigenvalue weighted by Crippen LogP contribution is -2.43. The maximum Gasteiger partial charge on any atom is 0.151 e. The van der Waals surface area contributed by atoms with E-state index in [0.717, 1.165) is 48.5 Å². The third kappa shape index (κ3) is 2.41. The topological polar surface area (TPSA) is 71.5 Å². The van der Waals surface area contributed by atoms with Crippen molar-refractivity contribution < 1.29 is 0 Å². The van der Waals surface area contributed by atoms with E-state index >= 15 is 0 Å². The van der Waals surface area contributed by atoms with Gasteiger partial charge in [-0.3, -0.25) is 0 Å². The van der Waals surface area contributed by atoms with Gasteiger partial charge in [-0.1, -0.05) is 12.1 Å². The summed E-state index contributed by atoms with van der Waals surface area (Å²) in [5.74, 6) is 0.515. The molecule has 3 heterocycles. The van der Waals surface area contributed by atoms with Crippen LogP contribution in [0.25, 0.3) is 16.8 Å². The highest BCUT2D eigenvalue weighted by Gasteiger charge is 2.14. The van der Waals surface area contributed by atoms with Gasteiger partial charge in [-0.05, 0) is 30.7 Å². The molecule has 0 unspecified atom stereocenters. The first-order chi connectivity index (χ1) is 11.2. The van der Waals surface area contributed by atoms with Crippen molar-refractivity contribution in [3.8, 4) is 11.3 Å². The number of nitrogens with zero attached hydrogens (tertiary/aromatic N) is 4. The minimum absolute atomic E-state index is 0.515. The van der Waals surface area contributed by atoms with E-state index in [1.807, 2.05) is 11.4 Å². The summed E-state index contributed by atoms with van der Waals surface area (Å²) in [4.78, 5) is 6.49. The van der Waals surface area contributed by atoms with Gasteiger partial charge in [0.15, 0.2) is 5.82 Å². The van der Waals surface area contributed by atoms with Crippen molar-refractivity contribution >= 4 is 17.0 Å². The summed E-state index contributed by atoms with van der Waals surface area (Å²) in [6.07, 6.45) is 1.50. The molecule has 0 atom stereocenters. The van der Waals surface area contributed by atoms with Crippen LogP contribution in [0, 0.1) is 6.92 Å². The molecule has 118 valence electrons. The first-order valence-corrected chi connectivity index (χ1v) is 7.89. The summed E-state index contributed by atoms with van der Waals surface area (Å²) in [6, 6.07) is 10.8. The van der Waals surface area contributed by atoms with Gasteiger partial charge in [0.1, 0.15) is 11.8 Å². The molecule has 0 bridgehead atoms. The number of anilines is 2. The molecule has 0 radical (unpaired) electrons. The molecule has 2 aromatic heterocycles. The van der Waals surface area contributed by atoms with E-state index in [9.17, 15) is 0 Å².